The standard InChI is InChI=1S/C25H18O2.C19H16O3/c26-19-13-9-17(10-14-19)25(18-11-15-20(27)16-12-18)23-7-3-1-5-21(23)22-6-2-4-8-24(22)25;20-16-7-1-13(2-8-16)19(14-3-9-17(21)10-4-14)15-5-11-18(22)12-6-15/h1-16,26-27H;1-12,19-22H. The van der Waals surface area contributed by atoms with E-state index in [2.05, 4.69) is 48.5 Å². The predicted molar refractivity (Wildman–Crippen MR) is 192 cm³/mol. The van der Waals surface area contributed by atoms with Crippen molar-refractivity contribution < 1.29 is 25.5 Å². The Kier molecular flexibility index (Phi) is 8.25. The fraction of sp³-hybridized carbons (Fsp3) is 0.0455. The summed E-state index contributed by atoms with van der Waals surface area (Å²) in [5.74, 6) is 1.12. The summed E-state index contributed by atoms with van der Waals surface area (Å²) in [5.41, 5.74) is 9.60. The molecule has 49 heavy (non-hydrogen) atoms. The first-order valence-electron chi connectivity index (χ1n) is 16.0. The molecule has 0 unspecified atom stereocenters. The van der Waals surface area contributed by atoms with Crippen molar-refractivity contribution in [1.29, 1.82) is 0 Å². The summed E-state index contributed by atoms with van der Waals surface area (Å²) in [4.78, 5) is 0. The quantitative estimate of drug-likeness (QED) is 0.120. The molecule has 0 spiro atoms. The van der Waals surface area contributed by atoms with Crippen LogP contribution in [0.4, 0.5) is 0 Å². The van der Waals surface area contributed by atoms with Gasteiger partial charge in [-0.1, -0.05) is 109 Å². The average molecular weight is 643 g/mol. The molecule has 5 heteroatoms. The van der Waals surface area contributed by atoms with Gasteiger partial charge < -0.3 is 25.5 Å². The lowest BCUT2D eigenvalue weighted by Crippen LogP contribution is -2.28. The molecule has 0 aliphatic heterocycles. The Hall–Kier alpha value is -6.46. The third-order valence-electron chi connectivity index (χ3n) is 9.23. The lowest BCUT2D eigenvalue weighted by Gasteiger charge is -2.33. The van der Waals surface area contributed by atoms with Crippen LogP contribution in [0.2, 0.25) is 0 Å². The van der Waals surface area contributed by atoms with Crippen LogP contribution in [0.3, 0.4) is 0 Å². The molecule has 5 nitrogen and oxygen atoms in total. The van der Waals surface area contributed by atoms with E-state index in [0.29, 0.717) is 0 Å². The van der Waals surface area contributed by atoms with Crippen molar-refractivity contribution in [3.63, 3.8) is 0 Å². The highest BCUT2D eigenvalue weighted by molar-refractivity contribution is 5.86. The zero-order chi connectivity index (χ0) is 34.0. The largest absolute Gasteiger partial charge is 0.508 e. The molecule has 1 aliphatic rings. The molecule has 7 aromatic rings. The molecule has 0 heterocycles. The first-order valence-corrected chi connectivity index (χ1v) is 16.0. The zero-order valence-electron chi connectivity index (χ0n) is 26.5. The fourth-order valence-electron chi connectivity index (χ4n) is 7.02. The summed E-state index contributed by atoms with van der Waals surface area (Å²) in [6.45, 7) is 0. The van der Waals surface area contributed by atoms with Crippen molar-refractivity contribution >= 4 is 0 Å². The van der Waals surface area contributed by atoms with Crippen LogP contribution in [0.15, 0.2) is 170 Å². The van der Waals surface area contributed by atoms with Gasteiger partial charge in [0.15, 0.2) is 0 Å². The number of phenols is 5. The number of aromatic hydroxyl groups is 5. The van der Waals surface area contributed by atoms with Gasteiger partial charge in [0, 0.05) is 5.92 Å². The normalized spacial score (nSPS) is 12.4. The van der Waals surface area contributed by atoms with Crippen molar-refractivity contribution in [3.05, 3.63) is 209 Å². The second-order valence-electron chi connectivity index (χ2n) is 12.1. The molecule has 0 aromatic heterocycles. The Morgan fingerprint density at radius 2 is 0.571 bits per heavy atom. The van der Waals surface area contributed by atoms with E-state index in [4.69, 9.17) is 0 Å². The number of hydrogen-bond acceptors (Lipinski definition) is 5. The summed E-state index contributed by atoms with van der Waals surface area (Å²) in [7, 11) is 0. The van der Waals surface area contributed by atoms with Crippen molar-refractivity contribution in [2.75, 3.05) is 0 Å². The van der Waals surface area contributed by atoms with Crippen LogP contribution in [0, 0.1) is 0 Å². The van der Waals surface area contributed by atoms with Crippen LogP contribution in [0.25, 0.3) is 11.1 Å². The molecular formula is C44H34O5. The Morgan fingerprint density at radius 3 is 0.878 bits per heavy atom. The molecule has 240 valence electrons. The van der Waals surface area contributed by atoms with Gasteiger partial charge in [0.05, 0.1) is 5.41 Å². The maximum atomic E-state index is 9.85. The highest BCUT2D eigenvalue weighted by Crippen LogP contribution is 2.56. The van der Waals surface area contributed by atoms with Crippen molar-refractivity contribution in [2.24, 2.45) is 0 Å². The van der Waals surface area contributed by atoms with Gasteiger partial charge in [0.1, 0.15) is 28.7 Å². The van der Waals surface area contributed by atoms with E-state index < -0.39 is 5.41 Å². The van der Waals surface area contributed by atoms with E-state index in [1.54, 1.807) is 60.7 Å². The lowest BCUT2D eigenvalue weighted by atomic mass is 9.68. The van der Waals surface area contributed by atoms with Gasteiger partial charge >= 0.3 is 0 Å². The molecule has 5 N–H and O–H groups in total. The fourth-order valence-corrected chi connectivity index (χ4v) is 7.02. The van der Waals surface area contributed by atoms with Crippen molar-refractivity contribution in [1.82, 2.24) is 0 Å². The average Bonchev–Trinajstić information content (AvgIpc) is 3.43. The molecule has 0 fully saturated rings. The Bertz CT molecular complexity index is 1990. The molecule has 0 radical (unpaired) electrons. The molecule has 0 saturated carbocycles. The van der Waals surface area contributed by atoms with E-state index in [0.717, 1.165) is 27.8 Å². The van der Waals surface area contributed by atoms with Gasteiger partial charge in [-0.15, -0.1) is 0 Å². The smallest absolute Gasteiger partial charge is 0.115 e. The second-order valence-corrected chi connectivity index (χ2v) is 12.1. The number of benzene rings is 7. The summed E-state index contributed by atoms with van der Waals surface area (Å²) in [5, 5.41) is 48.2. The lowest BCUT2D eigenvalue weighted by molar-refractivity contribution is 0.473. The van der Waals surface area contributed by atoms with Crippen LogP contribution in [0.5, 0.6) is 28.7 Å². The summed E-state index contributed by atoms with van der Waals surface area (Å²) in [6, 6.07) is 53.0. The second kappa shape index (κ2) is 13.0. The number of phenolic OH excluding ortho intramolecular Hbond substituents is 5. The van der Waals surface area contributed by atoms with Gasteiger partial charge in [-0.05, 0) is 111 Å². The molecular weight excluding hydrogens is 608 g/mol. The number of hydrogen-bond donors (Lipinski definition) is 5. The minimum Gasteiger partial charge on any atom is -0.508 e. The minimum absolute atomic E-state index is 0.0400. The molecule has 0 bridgehead atoms. The molecule has 8 rings (SSSR count). The van der Waals surface area contributed by atoms with Gasteiger partial charge in [-0.25, -0.2) is 0 Å². The summed E-state index contributed by atoms with van der Waals surface area (Å²) < 4.78 is 0. The van der Waals surface area contributed by atoms with E-state index in [9.17, 15) is 25.5 Å². The third-order valence-corrected chi connectivity index (χ3v) is 9.23. The Balaban J connectivity index is 0.000000158. The Labute approximate surface area is 284 Å². The molecule has 0 saturated heterocycles. The summed E-state index contributed by atoms with van der Waals surface area (Å²) >= 11 is 0. The van der Waals surface area contributed by atoms with Crippen LogP contribution in [-0.4, -0.2) is 25.5 Å². The summed E-state index contributed by atoms with van der Waals surface area (Å²) in [6.07, 6.45) is 0. The van der Waals surface area contributed by atoms with Crippen molar-refractivity contribution in [3.8, 4) is 39.9 Å². The van der Waals surface area contributed by atoms with Gasteiger partial charge in [0.2, 0.25) is 0 Å². The van der Waals surface area contributed by atoms with E-state index >= 15 is 0 Å². The highest BCUT2D eigenvalue weighted by Gasteiger charge is 2.45. The number of rotatable bonds is 5. The maximum Gasteiger partial charge on any atom is 0.115 e. The van der Waals surface area contributed by atoms with Crippen LogP contribution < -0.4 is 0 Å². The topological polar surface area (TPSA) is 101 Å². The van der Waals surface area contributed by atoms with Gasteiger partial charge in [0.25, 0.3) is 0 Å². The van der Waals surface area contributed by atoms with E-state index in [-0.39, 0.29) is 34.7 Å². The number of fused-ring (bicyclic) bond motifs is 3. The Morgan fingerprint density at radius 1 is 0.306 bits per heavy atom. The first-order chi connectivity index (χ1) is 23.8. The monoisotopic (exact) mass is 642 g/mol. The zero-order valence-corrected chi connectivity index (χ0v) is 26.5. The highest BCUT2D eigenvalue weighted by atomic mass is 16.3. The predicted octanol–water partition coefficient (Wildman–Crippen LogP) is 9.44. The van der Waals surface area contributed by atoms with Crippen LogP contribution >= 0.6 is 0 Å². The van der Waals surface area contributed by atoms with Crippen LogP contribution in [0.1, 0.15) is 44.9 Å². The molecule has 7 aromatic carbocycles. The maximum absolute atomic E-state index is 9.85. The first kappa shape index (κ1) is 31.2. The van der Waals surface area contributed by atoms with Gasteiger partial charge in [-0.3, -0.25) is 0 Å². The van der Waals surface area contributed by atoms with E-state index in [1.165, 1.54) is 22.3 Å². The van der Waals surface area contributed by atoms with Crippen LogP contribution in [-0.2, 0) is 5.41 Å². The third kappa shape index (κ3) is 5.83. The van der Waals surface area contributed by atoms with Crippen molar-refractivity contribution in [2.45, 2.75) is 11.3 Å². The molecule has 0 atom stereocenters. The van der Waals surface area contributed by atoms with E-state index in [1.807, 2.05) is 60.7 Å². The SMILES string of the molecule is Oc1ccc(C(c2ccc(O)cc2)c2ccc(O)cc2)cc1.Oc1ccc(C2(c3ccc(O)cc3)c3ccccc3-c3ccccc32)cc1. The minimum atomic E-state index is -0.491. The van der Waals surface area contributed by atoms with Gasteiger partial charge in [-0.2, -0.15) is 0 Å². The molecule has 1 aliphatic carbocycles. The molecule has 0 amide bonds.